The largest absolute Gasteiger partial charge is 0.309 e. The fourth-order valence-electron chi connectivity index (χ4n) is 8.52. The van der Waals surface area contributed by atoms with Crippen LogP contribution < -0.4 is 0 Å². The Labute approximate surface area is 335 Å². The van der Waals surface area contributed by atoms with E-state index in [1.54, 1.807) is 11.3 Å². The van der Waals surface area contributed by atoms with Gasteiger partial charge in [-0.3, -0.25) is 0 Å². The standard InChI is InChI=1S/C51H30N4S2/c1-4-14-31(15-5-1)49-52-50(32-16-6-2-7-17-32)54-51(53-49)39-23-12-22-38-45-35(21-13-25-43(45)57-48(38)39)33-26-28-41-40(30-33)36-27-29-44-46(37-20-10-11-24-42(37)56-44)47(36)55(41)34-18-8-3-9-19-34/h1-30H. The average Bonchev–Trinajstić information content (AvgIpc) is 3.96. The molecule has 0 saturated carbocycles. The highest BCUT2D eigenvalue weighted by molar-refractivity contribution is 7.26. The van der Waals surface area contributed by atoms with E-state index >= 15 is 0 Å². The molecule has 266 valence electrons. The van der Waals surface area contributed by atoms with E-state index in [9.17, 15) is 0 Å². The Kier molecular flexibility index (Phi) is 7.24. The first-order valence-electron chi connectivity index (χ1n) is 19.0. The molecule has 4 aromatic heterocycles. The zero-order chi connectivity index (χ0) is 37.5. The number of rotatable bonds is 5. The zero-order valence-electron chi connectivity index (χ0n) is 30.4. The van der Waals surface area contributed by atoms with E-state index in [2.05, 4.69) is 150 Å². The van der Waals surface area contributed by atoms with Crippen molar-refractivity contribution < 1.29 is 0 Å². The van der Waals surface area contributed by atoms with E-state index in [4.69, 9.17) is 15.0 Å². The lowest BCUT2D eigenvalue weighted by Gasteiger charge is -2.10. The topological polar surface area (TPSA) is 43.6 Å². The first-order valence-corrected chi connectivity index (χ1v) is 20.7. The second-order valence-electron chi connectivity index (χ2n) is 14.3. The lowest BCUT2D eigenvalue weighted by molar-refractivity contribution is 1.08. The Hall–Kier alpha value is -6.99. The average molecular weight is 763 g/mol. The van der Waals surface area contributed by atoms with Gasteiger partial charge in [-0.25, -0.2) is 15.0 Å². The molecule has 0 atom stereocenters. The molecule has 0 spiro atoms. The number of nitrogens with zero attached hydrogens (tertiary/aromatic N) is 4. The SMILES string of the molecule is c1ccc(-c2nc(-c3ccccc3)nc(-c3cccc4c3sc3cccc(-c5ccc6c(c5)c5ccc7sc8ccccc8c7c5n6-c5ccccc5)c34)n2)cc1. The van der Waals surface area contributed by atoms with Crippen molar-refractivity contribution in [1.82, 2.24) is 19.5 Å². The quantitative estimate of drug-likeness (QED) is 0.175. The summed E-state index contributed by atoms with van der Waals surface area (Å²) in [7, 11) is 0. The first kappa shape index (κ1) is 32.3. The van der Waals surface area contributed by atoms with Gasteiger partial charge in [0.2, 0.25) is 0 Å². The van der Waals surface area contributed by atoms with Crippen LogP contribution in [0.1, 0.15) is 0 Å². The highest BCUT2D eigenvalue weighted by atomic mass is 32.1. The van der Waals surface area contributed by atoms with E-state index in [0.717, 1.165) is 27.1 Å². The van der Waals surface area contributed by atoms with Crippen molar-refractivity contribution in [2.45, 2.75) is 0 Å². The van der Waals surface area contributed by atoms with Crippen molar-refractivity contribution in [2.24, 2.45) is 0 Å². The Morgan fingerprint density at radius 3 is 1.75 bits per heavy atom. The molecule has 12 rings (SSSR count). The van der Waals surface area contributed by atoms with Crippen LogP contribution in [0.15, 0.2) is 182 Å². The van der Waals surface area contributed by atoms with Gasteiger partial charge < -0.3 is 4.57 Å². The molecule has 0 aliphatic carbocycles. The number of hydrogen-bond donors (Lipinski definition) is 0. The summed E-state index contributed by atoms with van der Waals surface area (Å²) < 4.78 is 7.47. The molecule has 0 fully saturated rings. The molecular weight excluding hydrogens is 733 g/mol. The highest BCUT2D eigenvalue weighted by Crippen LogP contribution is 2.47. The van der Waals surface area contributed by atoms with Gasteiger partial charge in [0.15, 0.2) is 17.5 Å². The molecular formula is C51H30N4S2. The minimum atomic E-state index is 0.661. The predicted octanol–water partition coefficient (Wildman–Crippen LogP) is 14.4. The monoisotopic (exact) mass is 762 g/mol. The van der Waals surface area contributed by atoms with E-state index < -0.39 is 0 Å². The van der Waals surface area contributed by atoms with Crippen LogP contribution in [-0.2, 0) is 0 Å². The van der Waals surface area contributed by atoms with Crippen LogP contribution in [0.25, 0.3) is 113 Å². The van der Waals surface area contributed by atoms with Crippen molar-refractivity contribution in [2.75, 3.05) is 0 Å². The number of aromatic nitrogens is 4. The van der Waals surface area contributed by atoms with Gasteiger partial charge in [0, 0.05) is 73.5 Å². The summed E-state index contributed by atoms with van der Waals surface area (Å²) in [6, 6.07) is 64.8. The summed E-state index contributed by atoms with van der Waals surface area (Å²) in [4.78, 5) is 15.2. The smallest absolute Gasteiger partial charge is 0.165 e. The Bertz CT molecular complexity index is 3450. The number of para-hydroxylation sites is 1. The summed E-state index contributed by atoms with van der Waals surface area (Å²) in [5.41, 5.74) is 8.95. The lowest BCUT2D eigenvalue weighted by Crippen LogP contribution is -2.00. The second kappa shape index (κ2) is 12.8. The van der Waals surface area contributed by atoms with Crippen molar-refractivity contribution in [3.63, 3.8) is 0 Å². The van der Waals surface area contributed by atoms with Gasteiger partial charge in [-0.1, -0.05) is 133 Å². The third kappa shape index (κ3) is 5.08. The molecule has 0 aliphatic rings. The molecule has 0 saturated heterocycles. The molecule has 12 aromatic rings. The van der Waals surface area contributed by atoms with Crippen molar-refractivity contribution >= 4 is 84.8 Å². The highest BCUT2D eigenvalue weighted by Gasteiger charge is 2.21. The Morgan fingerprint density at radius 1 is 0.368 bits per heavy atom. The minimum absolute atomic E-state index is 0.661. The van der Waals surface area contributed by atoms with Gasteiger partial charge >= 0.3 is 0 Å². The molecule has 0 aliphatic heterocycles. The van der Waals surface area contributed by atoms with Crippen molar-refractivity contribution in [3.05, 3.63) is 182 Å². The van der Waals surface area contributed by atoms with Gasteiger partial charge in [-0.2, -0.15) is 0 Å². The normalized spacial score (nSPS) is 11.9. The summed E-state index contributed by atoms with van der Waals surface area (Å²) >= 11 is 3.67. The molecule has 0 bridgehead atoms. The second-order valence-corrected chi connectivity index (χ2v) is 16.5. The number of hydrogen-bond acceptors (Lipinski definition) is 5. The molecule has 0 N–H and O–H groups in total. The van der Waals surface area contributed by atoms with Gasteiger partial charge in [-0.05, 0) is 59.7 Å². The van der Waals surface area contributed by atoms with Gasteiger partial charge in [0.1, 0.15) is 0 Å². The van der Waals surface area contributed by atoms with Crippen molar-refractivity contribution in [1.29, 1.82) is 0 Å². The molecule has 6 heteroatoms. The molecule has 0 unspecified atom stereocenters. The maximum atomic E-state index is 5.11. The Balaban J connectivity index is 1.08. The van der Waals surface area contributed by atoms with Crippen LogP contribution >= 0.6 is 22.7 Å². The molecule has 57 heavy (non-hydrogen) atoms. The minimum Gasteiger partial charge on any atom is -0.309 e. The maximum Gasteiger partial charge on any atom is 0.165 e. The number of thiophene rings is 2. The van der Waals surface area contributed by atoms with E-state index in [1.807, 2.05) is 47.7 Å². The lowest BCUT2D eigenvalue weighted by atomic mass is 9.97. The van der Waals surface area contributed by atoms with Crippen LogP contribution in [-0.4, -0.2) is 19.5 Å². The first-order chi connectivity index (χ1) is 28.3. The van der Waals surface area contributed by atoms with Crippen LogP contribution in [0, 0.1) is 0 Å². The molecule has 8 aromatic carbocycles. The molecule has 0 amide bonds. The van der Waals surface area contributed by atoms with Crippen LogP contribution in [0.2, 0.25) is 0 Å². The Morgan fingerprint density at radius 2 is 0.982 bits per heavy atom. The number of benzene rings is 8. The van der Waals surface area contributed by atoms with Crippen molar-refractivity contribution in [3.8, 4) is 51.0 Å². The van der Waals surface area contributed by atoms with E-state index in [0.29, 0.717) is 17.5 Å². The van der Waals surface area contributed by atoms with E-state index in [-0.39, 0.29) is 0 Å². The summed E-state index contributed by atoms with van der Waals surface area (Å²) in [5.74, 6) is 1.99. The molecule has 0 radical (unpaired) electrons. The van der Waals surface area contributed by atoms with Crippen LogP contribution in [0.3, 0.4) is 0 Å². The zero-order valence-corrected chi connectivity index (χ0v) is 32.1. The maximum absolute atomic E-state index is 5.11. The predicted molar refractivity (Wildman–Crippen MR) is 242 cm³/mol. The van der Waals surface area contributed by atoms with Crippen LogP contribution in [0.5, 0.6) is 0 Å². The summed E-state index contributed by atoms with van der Waals surface area (Å²) in [5, 5.41) is 7.57. The molecule has 4 nitrogen and oxygen atoms in total. The van der Waals surface area contributed by atoms with Crippen LogP contribution in [0.4, 0.5) is 0 Å². The third-order valence-electron chi connectivity index (χ3n) is 11.1. The summed E-state index contributed by atoms with van der Waals surface area (Å²) in [6.45, 7) is 0. The van der Waals surface area contributed by atoms with Gasteiger partial charge in [-0.15, -0.1) is 22.7 Å². The summed E-state index contributed by atoms with van der Waals surface area (Å²) in [6.07, 6.45) is 0. The fraction of sp³-hybridized carbons (Fsp3) is 0. The molecule has 4 heterocycles. The number of fused-ring (bicyclic) bond motifs is 10. The fourth-order valence-corrected chi connectivity index (χ4v) is 10.9. The van der Waals surface area contributed by atoms with Gasteiger partial charge in [0.05, 0.1) is 11.0 Å². The third-order valence-corrected chi connectivity index (χ3v) is 13.4. The van der Waals surface area contributed by atoms with E-state index in [1.165, 1.54) is 68.6 Å². The van der Waals surface area contributed by atoms with Gasteiger partial charge in [0.25, 0.3) is 0 Å².